The number of hydrogen-bond donors (Lipinski definition) is 3. The molecule has 0 saturated carbocycles. The topological polar surface area (TPSA) is 150 Å². The van der Waals surface area contributed by atoms with Gasteiger partial charge in [-0.05, 0) is 43.9 Å². The average Bonchev–Trinajstić information content (AvgIpc) is 3.42. The highest BCUT2D eigenvalue weighted by atomic mass is 16.5. The summed E-state index contributed by atoms with van der Waals surface area (Å²) < 4.78 is 6.94. The number of benzene rings is 1. The van der Waals surface area contributed by atoms with Crippen molar-refractivity contribution in [1.82, 2.24) is 19.5 Å². The van der Waals surface area contributed by atoms with E-state index in [-0.39, 0.29) is 17.4 Å². The number of aromatic nitrogens is 3. The number of nitrogens with one attached hydrogen (secondary N) is 2. The van der Waals surface area contributed by atoms with Crippen molar-refractivity contribution >= 4 is 34.8 Å². The first-order valence-corrected chi connectivity index (χ1v) is 12.1. The molecule has 3 aromatic rings. The molecule has 0 atom stereocenters. The fraction of sp³-hybridized carbons (Fsp3) is 0.346. The third kappa shape index (κ3) is 3.87. The number of carbonyl (C=O) groups excluding carboxylic acids is 2. The Bertz CT molecular complexity index is 1490. The van der Waals surface area contributed by atoms with Crippen LogP contribution < -0.4 is 20.9 Å². The monoisotopic (exact) mass is 503 g/mol. The van der Waals surface area contributed by atoms with E-state index in [0.717, 1.165) is 11.9 Å². The van der Waals surface area contributed by atoms with Gasteiger partial charge in [0.25, 0.3) is 11.5 Å². The fourth-order valence-electron chi connectivity index (χ4n) is 5.52. The normalized spacial score (nSPS) is 17.6. The third-order valence-corrected chi connectivity index (χ3v) is 7.73. The Kier molecular flexibility index (Phi) is 6.06. The van der Waals surface area contributed by atoms with Crippen LogP contribution in [0.5, 0.6) is 5.75 Å². The number of aryl methyl sites for hydroxylation is 1. The molecule has 0 bridgehead atoms. The maximum absolute atomic E-state index is 13.6. The summed E-state index contributed by atoms with van der Waals surface area (Å²) in [7, 11) is 1.54. The Labute approximate surface area is 213 Å². The van der Waals surface area contributed by atoms with Crippen LogP contribution in [-0.2, 0) is 4.79 Å². The lowest BCUT2D eigenvalue weighted by Gasteiger charge is -2.38. The Morgan fingerprint density at radius 1 is 1.19 bits per heavy atom. The number of amides is 2. The first-order valence-electron chi connectivity index (χ1n) is 12.1. The minimum absolute atomic E-state index is 0.0533. The molecule has 2 fully saturated rings. The number of aromatic amines is 1. The highest BCUT2D eigenvalue weighted by Gasteiger charge is 2.49. The second-order valence-corrected chi connectivity index (χ2v) is 9.51. The molecule has 2 amide bonds. The zero-order chi connectivity index (χ0) is 26.3. The Morgan fingerprint density at radius 2 is 1.92 bits per heavy atom. The van der Waals surface area contributed by atoms with Crippen LogP contribution >= 0.6 is 0 Å². The van der Waals surface area contributed by atoms with Gasteiger partial charge in [-0.1, -0.05) is 0 Å². The summed E-state index contributed by atoms with van der Waals surface area (Å²) in [5, 5.41) is 11.7. The molecule has 2 saturated heterocycles. The lowest BCUT2D eigenvalue weighted by molar-refractivity contribution is -0.127. The number of rotatable bonds is 5. The zero-order valence-electron chi connectivity index (χ0n) is 20.8. The summed E-state index contributed by atoms with van der Waals surface area (Å²) in [4.78, 5) is 45.2. The van der Waals surface area contributed by atoms with E-state index >= 15 is 0 Å². The molecule has 192 valence electrons. The molecule has 0 aliphatic carbocycles. The summed E-state index contributed by atoms with van der Waals surface area (Å²) in [6.07, 6.45) is 7.26. The summed E-state index contributed by atoms with van der Waals surface area (Å²) in [5.41, 5.74) is 8.17. The van der Waals surface area contributed by atoms with E-state index in [1.807, 2.05) is 12.1 Å². The van der Waals surface area contributed by atoms with E-state index in [4.69, 9.17) is 15.9 Å². The molecular weight excluding hydrogens is 474 g/mol. The van der Waals surface area contributed by atoms with Gasteiger partial charge >= 0.3 is 0 Å². The van der Waals surface area contributed by atoms with Crippen molar-refractivity contribution in [2.24, 2.45) is 11.1 Å². The molecule has 2 aliphatic rings. The first-order chi connectivity index (χ1) is 17.8. The highest BCUT2D eigenvalue weighted by molar-refractivity contribution is 6.09. The maximum Gasteiger partial charge on any atom is 0.275 e. The molecule has 4 N–H and O–H groups in total. The van der Waals surface area contributed by atoms with Gasteiger partial charge in [-0.25, -0.2) is 4.52 Å². The van der Waals surface area contributed by atoms with Crippen LogP contribution in [0.15, 0.2) is 41.7 Å². The molecule has 0 radical (unpaired) electrons. The van der Waals surface area contributed by atoms with Gasteiger partial charge in [0.2, 0.25) is 5.91 Å². The molecular formula is C26H29N7O4. The van der Waals surface area contributed by atoms with Gasteiger partial charge in [-0.2, -0.15) is 5.10 Å². The number of nitrogens with zero attached hydrogens (tertiary/aromatic N) is 4. The standard InChI is InChI=1S/C26H29N7O4/c1-16-20(14-33-22(16)23(34)29-15-30-33)24(35)31-8-5-26(6-9-31)7-10-32(25(26)36)18-3-4-19(17(12-27)13-28)21(11-18)37-2/h3-4,11-15,27H,5-10,28H2,1-2H3,(H,29,30,34)/b17-13+,27-12?. The highest BCUT2D eigenvalue weighted by Crippen LogP contribution is 2.44. The second kappa shape index (κ2) is 9.23. The lowest BCUT2D eigenvalue weighted by Crippen LogP contribution is -2.46. The first kappa shape index (κ1) is 24.3. The minimum Gasteiger partial charge on any atom is -0.496 e. The van der Waals surface area contributed by atoms with Crippen molar-refractivity contribution in [3.8, 4) is 5.75 Å². The minimum atomic E-state index is -0.515. The Balaban J connectivity index is 1.32. The average molecular weight is 504 g/mol. The van der Waals surface area contributed by atoms with Gasteiger partial charge < -0.3 is 30.7 Å². The van der Waals surface area contributed by atoms with Crippen LogP contribution in [-0.4, -0.2) is 64.3 Å². The number of nitrogens with two attached hydrogens (primary N) is 1. The van der Waals surface area contributed by atoms with Gasteiger partial charge in [-0.3, -0.25) is 14.4 Å². The van der Waals surface area contributed by atoms with Crippen molar-refractivity contribution in [2.45, 2.75) is 26.2 Å². The summed E-state index contributed by atoms with van der Waals surface area (Å²) in [5.74, 6) is 0.433. The fourth-order valence-corrected chi connectivity index (χ4v) is 5.52. The smallest absolute Gasteiger partial charge is 0.275 e. The number of carbonyl (C=O) groups is 2. The van der Waals surface area contributed by atoms with Gasteiger partial charge in [0.15, 0.2) is 0 Å². The van der Waals surface area contributed by atoms with Gasteiger partial charge in [0.1, 0.15) is 17.6 Å². The summed E-state index contributed by atoms with van der Waals surface area (Å²) >= 11 is 0. The zero-order valence-corrected chi connectivity index (χ0v) is 20.8. The number of H-pyrrole nitrogens is 1. The number of piperidine rings is 1. The van der Waals surface area contributed by atoms with Gasteiger partial charge in [0.05, 0.1) is 18.1 Å². The Hall–Kier alpha value is -4.41. The van der Waals surface area contributed by atoms with Crippen LogP contribution in [0.1, 0.15) is 40.7 Å². The summed E-state index contributed by atoms with van der Waals surface area (Å²) in [6.45, 7) is 3.25. The number of methoxy groups -OCH3 is 1. The lowest BCUT2D eigenvalue weighted by atomic mass is 9.77. The van der Waals surface area contributed by atoms with Crippen LogP contribution in [0.4, 0.5) is 5.69 Å². The molecule has 2 aliphatic heterocycles. The predicted octanol–water partition coefficient (Wildman–Crippen LogP) is 1.95. The molecule has 11 nitrogen and oxygen atoms in total. The molecule has 0 unspecified atom stereocenters. The van der Waals surface area contributed by atoms with Gasteiger partial charge in [-0.15, -0.1) is 0 Å². The van der Waals surface area contributed by atoms with E-state index < -0.39 is 5.41 Å². The quantitative estimate of drug-likeness (QED) is 0.453. The largest absolute Gasteiger partial charge is 0.496 e. The van der Waals surface area contributed by atoms with Crippen molar-refractivity contribution in [3.63, 3.8) is 0 Å². The molecule has 1 spiro atoms. The Morgan fingerprint density at radius 3 is 2.57 bits per heavy atom. The van der Waals surface area contributed by atoms with Crippen molar-refractivity contribution in [2.75, 3.05) is 31.6 Å². The van der Waals surface area contributed by atoms with Crippen LogP contribution in [0.25, 0.3) is 11.1 Å². The van der Waals surface area contributed by atoms with E-state index in [1.54, 1.807) is 36.1 Å². The SMILES string of the molecule is COc1cc(N2CCC3(CCN(C(=O)c4cn5nc[nH]c(=O)c5c4C)CC3)C2=O)ccc1/C(C=N)=C/N. The van der Waals surface area contributed by atoms with Crippen LogP contribution in [0, 0.1) is 17.7 Å². The number of allylic oxidation sites excluding steroid dienone is 1. The van der Waals surface area contributed by atoms with E-state index in [0.29, 0.717) is 72.4 Å². The van der Waals surface area contributed by atoms with Crippen molar-refractivity contribution < 1.29 is 14.3 Å². The molecule has 4 heterocycles. The number of hydrogen-bond acceptors (Lipinski definition) is 7. The number of fused-ring (bicyclic) bond motifs is 1. The molecule has 37 heavy (non-hydrogen) atoms. The van der Waals surface area contributed by atoms with Crippen LogP contribution in [0.2, 0.25) is 0 Å². The molecule has 5 rings (SSSR count). The summed E-state index contributed by atoms with van der Waals surface area (Å²) in [6, 6.07) is 5.45. The van der Waals surface area contributed by atoms with Crippen molar-refractivity contribution in [1.29, 1.82) is 5.41 Å². The third-order valence-electron chi connectivity index (χ3n) is 7.73. The number of likely N-dealkylation sites (tertiary alicyclic amines) is 1. The van der Waals surface area contributed by atoms with E-state index in [9.17, 15) is 14.4 Å². The van der Waals surface area contributed by atoms with Gasteiger partial charge in [0, 0.05) is 61.1 Å². The van der Waals surface area contributed by atoms with E-state index in [1.165, 1.54) is 17.0 Å². The number of ether oxygens (including phenoxy) is 1. The molecule has 2 aromatic heterocycles. The van der Waals surface area contributed by atoms with Crippen molar-refractivity contribution in [3.05, 3.63) is 64.0 Å². The molecule has 1 aromatic carbocycles. The number of anilines is 1. The van der Waals surface area contributed by atoms with E-state index in [2.05, 4.69) is 10.1 Å². The predicted molar refractivity (Wildman–Crippen MR) is 139 cm³/mol. The second-order valence-electron chi connectivity index (χ2n) is 9.51. The maximum atomic E-state index is 13.6. The molecule has 11 heteroatoms. The van der Waals surface area contributed by atoms with Crippen LogP contribution in [0.3, 0.4) is 0 Å².